The van der Waals surface area contributed by atoms with Crippen molar-refractivity contribution in [3.8, 4) is 0 Å². The van der Waals surface area contributed by atoms with Crippen LogP contribution < -0.4 is 5.73 Å². The van der Waals surface area contributed by atoms with Crippen molar-refractivity contribution in [2.75, 3.05) is 13.2 Å². The highest BCUT2D eigenvalue weighted by Crippen LogP contribution is 2.02. The summed E-state index contributed by atoms with van der Waals surface area (Å²) in [6.07, 6.45) is 5.90. The van der Waals surface area contributed by atoms with E-state index in [4.69, 9.17) is 15.6 Å². The van der Waals surface area contributed by atoms with Crippen LogP contribution in [0.4, 0.5) is 0 Å². The quantitative estimate of drug-likeness (QED) is 0.450. The molecule has 0 rings (SSSR count). The van der Waals surface area contributed by atoms with Crippen molar-refractivity contribution in [3.05, 3.63) is 0 Å². The summed E-state index contributed by atoms with van der Waals surface area (Å²) in [5, 5.41) is 8.57. The monoisotopic (exact) mass is 217 g/mol. The van der Waals surface area contributed by atoms with Gasteiger partial charge in [-0.25, -0.2) is 0 Å². The zero-order valence-corrected chi connectivity index (χ0v) is 9.58. The Balaban J connectivity index is 3.30. The number of aliphatic hydroxyl groups excluding tert-OH is 1. The highest BCUT2D eigenvalue weighted by Gasteiger charge is 2.13. The number of ether oxygens (including phenoxy) is 1. The van der Waals surface area contributed by atoms with Gasteiger partial charge in [0.15, 0.2) is 0 Å². The fourth-order valence-electron chi connectivity index (χ4n) is 1.24. The molecule has 0 unspecified atom stereocenters. The van der Waals surface area contributed by atoms with Crippen LogP contribution in [0.5, 0.6) is 0 Å². The molecule has 0 amide bonds. The number of hydrogen-bond acceptors (Lipinski definition) is 4. The van der Waals surface area contributed by atoms with Gasteiger partial charge in [-0.2, -0.15) is 0 Å². The first kappa shape index (κ1) is 14.4. The van der Waals surface area contributed by atoms with Gasteiger partial charge in [0.05, 0.1) is 6.61 Å². The highest BCUT2D eigenvalue weighted by atomic mass is 16.5. The summed E-state index contributed by atoms with van der Waals surface area (Å²) in [4.78, 5) is 11.2. The van der Waals surface area contributed by atoms with Gasteiger partial charge in [-0.3, -0.25) is 4.79 Å². The Labute approximate surface area is 91.8 Å². The molecular formula is C11H23NO3. The SMILES string of the molecule is CCCCCCCOC(=O)[C@H](N)CCO. The summed E-state index contributed by atoms with van der Waals surface area (Å²) in [5.41, 5.74) is 5.46. The number of nitrogens with two attached hydrogens (primary N) is 1. The van der Waals surface area contributed by atoms with Gasteiger partial charge < -0.3 is 15.6 Å². The van der Waals surface area contributed by atoms with E-state index in [-0.39, 0.29) is 13.0 Å². The van der Waals surface area contributed by atoms with Crippen molar-refractivity contribution in [2.24, 2.45) is 5.73 Å². The van der Waals surface area contributed by atoms with Crippen molar-refractivity contribution < 1.29 is 14.6 Å². The molecule has 0 spiro atoms. The maximum Gasteiger partial charge on any atom is 0.322 e. The average Bonchev–Trinajstić information content (AvgIpc) is 2.23. The molecule has 4 nitrogen and oxygen atoms in total. The third-order valence-electron chi connectivity index (χ3n) is 2.24. The van der Waals surface area contributed by atoms with Gasteiger partial charge in [-0.05, 0) is 12.8 Å². The Morgan fingerprint density at radius 3 is 2.60 bits per heavy atom. The lowest BCUT2D eigenvalue weighted by molar-refractivity contribution is -0.145. The Morgan fingerprint density at radius 1 is 1.33 bits per heavy atom. The zero-order chi connectivity index (χ0) is 11.5. The maximum absolute atomic E-state index is 11.2. The minimum absolute atomic E-state index is 0.0766. The lowest BCUT2D eigenvalue weighted by Gasteiger charge is -2.09. The van der Waals surface area contributed by atoms with Crippen LogP contribution in [0.1, 0.15) is 45.4 Å². The molecular weight excluding hydrogens is 194 g/mol. The van der Waals surface area contributed by atoms with E-state index >= 15 is 0 Å². The Bertz CT molecular complexity index is 162. The number of aliphatic hydroxyl groups is 1. The van der Waals surface area contributed by atoms with Gasteiger partial charge in [0.1, 0.15) is 6.04 Å². The van der Waals surface area contributed by atoms with Crippen molar-refractivity contribution >= 4 is 5.97 Å². The van der Waals surface area contributed by atoms with Gasteiger partial charge in [0.2, 0.25) is 0 Å². The van der Waals surface area contributed by atoms with E-state index in [9.17, 15) is 4.79 Å². The van der Waals surface area contributed by atoms with Crippen LogP contribution in [-0.2, 0) is 9.53 Å². The molecule has 0 aliphatic rings. The molecule has 0 aromatic rings. The van der Waals surface area contributed by atoms with Crippen LogP contribution in [0.2, 0.25) is 0 Å². The molecule has 0 saturated heterocycles. The zero-order valence-electron chi connectivity index (χ0n) is 9.58. The fourth-order valence-corrected chi connectivity index (χ4v) is 1.24. The molecule has 1 atom stereocenters. The Hall–Kier alpha value is -0.610. The lowest BCUT2D eigenvalue weighted by Crippen LogP contribution is -2.33. The first-order valence-electron chi connectivity index (χ1n) is 5.75. The van der Waals surface area contributed by atoms with E-state index in [1.165, 1.54) is 19.3 Å². The van der Waals surface area contributed by atoms with Crippen LogP contribution in [0.15, 0.2) is 0 Å². The van der Waals surface area contributed by atoms with E-state index in [1.807, 2.05) is 0 Å². The molecule has 15 heavy (non-hydrogen) atoms. The van der Waals surface area contributed by atoms with Gasteiger partial charge in [-0.1, -0.05) is 32.6 Å². The molecule has 3 N–H and O–H groups in total. The fraction of sp³-hybridized carbons (Fsp3) is 0.909. The van der Waals surface area contributed by atoms with Crippen LogP contribution in [-0.4, -0.2) is 30.3 Å². The Morgan fingerprint density at radius 2 is 2.00 bits per heavy atom. The second-order valence-corrected chi connectivity index (χ2v) is 3.70. The summed E-state index contributed by atoms with van der Waals surface area (Å²) >= 11 is 0. The molecule has 4 heteroatoms. The number of carbonyl (C=O) groups excluding carboxylic acids is 1. The molecule has 0 heterocycles. The van der Waals surface area contributed by atoms with Crippen LogP contribution in [0, 0.1) is 0 Å². The van der Waals surface area contributed by atoms with Gasteiger partial charge in [0, 0.05) is 6.61 Å². The summed E-state index contributed by atoms with van der Waals surface area (Å²) in [6, 6.07) is -0.675. The molecule has 0 aliphatic heterocycles. The molecule has 0 radical (unpaired) electrons. The van der Waals surface area contributed by atoms with Crippen LogP contribution in [0.25, 0.3) is 0 Å². The van der Waals surface area contributed by atoms with Crippen LogP contribution >= 0.6 is 0 Å². The standard InChI is InChI=1S/C11H23NO3/c1-2-3-4-5-6-9-15-11(14)10(12)7-8-13/h10,13H,2-9,12H2,1H3/t10-/m1/s1. The second kappa shape index (κ2) is 9.93. The van der Waals surface area contributed by atoms with Gasteiger partial charge in [0.25, 0.3) is 0 Å². The van der Waals surface area contributed by atoms with Crippen molar-refractivity contribution in [1.29, 1.82) is 0 Å². The summed E-state index contributed by atoms with van der Waals surface area (Å²) in [5.74, 6) is -0.403. The first-order valence-corrected chi connectivity index (χ1v) is 5.75. The summed E-state index contributed by atoms with van der Waals surface area (Å²) in [7, 11) is 0. The van der Waals surface area contributed by atoms with Crippen molar-refractivity contribution in [2.45, 2.75) is 51.5 Å². The highest BCUT2D eigenvalue weighted by molar-refractivity contribution is 5.75. The Kier molecular flexibility index (Phi) is 9.52. The van der Waals surface area contributed by atoms with Crippen molar-refractivity contribution in [3.63, 3.8) is 0 Å². The first-order chi connectivity index (χ1) is 7.22. The third kappa shape index (κ3) is 8.39. The number of esters is 1. The average molecular weight is 217 g/mol. The molecule has 0 saturated carbocycles. The molecule has 0 bridgehead atoms. The molecule has 0 fully saturated rings. The van der Waals surface area contributed by atoms with Gasteiger partial charge in [-0.15, -0.1) is 0 Å². The van der Waals surface area contributed by atoms with Crippen LogP contribution in [0.3, 0.4) is 0 Å². The molecule has 0 aliphatic carbocycles. The van der Waals surface area contributed by atoms with E-state index in [0.717, 1.165) is 12.8 Å². The van der Waals surface area contributed by atoms with E-state index in [2.05, 4.69) is 6.92 Å². The smallest absolute Gasteiger partial charge is 0.322 e. The molecule has 0 aromatic heterocycles. The van der Waals surface area contributed by atoms with E-state index in [0.29, 0.717) is 6.61 Å². The molecule has 0 aromatic carbocycles. The largest absolute Gasteiger partial charge is 0.465 e. The summed E-state index contributed by atoms with van der Waals surface area (Å²) in [6.45, 7) is 2.53. The third-order valence-corrected chi connectivity index (χ3v) is 2.24. The number of carbonyl (C=O) groups is 1. The van der Waals surface area contributed by atoms with Gasteiger partial charge >= 0.3 is 5.97 Å². The second-order valence-electron chi connectivity index (χ2n) is 3.70. The van der Waals surface area contributed by atoms with E-state index < -0.39 is 12.0 Å². The number of unbranched alkanes of at least 4 members (excludes halogenated alkanes) is 4. The lowest BCUT2D eigenvalue weighted by atomic mass is 10.2. The topological polar surface area (TPSA) is 72.5 Å². The van der Waals surface area contributed by atoms with E-state index in [1.54, 1.807) is 0 Å². The predicted octanol–water partition coefficient (Wildman–Crippen LogP) is 1.21. The minimum Gasteiger partial charge on any atom is -0.465 e. The number of hydrogen-bond donors (Lipinski definition) is 2. The normalized spacial score (nSPS) is 12.5. The van der Waals surface area contributed by atoms with Crippen molar-refractivity contribution in [1.82, 2.24) is 0 Å². The minimum atomic E-state index is -0.675. The maximum atomic E-state index is 11.2. The predicted molar refractivity (Wildman–Crippen MR) is 59.4 cm³/mol. The summed E-state index contributed by atoms with van der Waals surface area (Å²) < 4.78 is 4.96. The number of rotatable bonds is 9. The molecule has 90 valence electrons.